The molecule has 3 aromatic rings. The highest BCUT2D eigenvalue weighted by atomic mass is 16.5. The molecule has 1 atom stereocenters. The van der Waals surface area contributed by atoms with E-state index in [0.717, 1.165) is 22.4 Å². The predicted molar refractivity (Wildman–Crippen MR) is 130 cm³/mol. The van der Waals surface area contributed by atoms with Crippen molar-refractivity contribution in [1.82, 2.24) is 5.32 Å². The number of methoxy groups -OCH3 is 1. The average molecular weight is 458 g/mol. The van der Waals surface area contributed by atoms with Crippen LogP contribution in [0.15, 0.2) is 66.7 Å². The fraction of sp³-hybridized carbons (Fsp3) is 0.250. The molecule has 1 unspecified atom stereocenters. The van der Waals surface area contributed by atoms with Crippen LogP contribution in [0.3, 0.4) is 0 Å². The molecule has 0 fully saturated rings. The Morgan fingerprint density at radius 1 is 1.00 bits per heavy atom. The van der Waals surface area contributed by atoms with E-state index in [2.05, 4.69) is 5.32 Å². The molecule has 0 saturated heterocycles. The Bertz CT molecular complexity index is 1220. The van der Waals surface area contributed by atoms with Crippen molar-refractivity contribution in [2.45, 2.75) is 32.3 Å². The van der Waals surface area contributed by atoms with Crippen molar-refractivity contribution in [3.63, 3.8) is 0 Å². The third kappa shape index (κ3) is 5.34. The maximum Gasteiger partial charge on any atom is 0.220 e. The number of hydrogen-bond acceptors (Lipinski definition) is 5. The highest BCUT2D eigenvalue weighted by Gasteiger charge is 2.24. The van der Waals surface area contributed by atoms with Crippen molar-refractivity contribution < 1.29 is 23.9 Å². The summed E-state index contributed by atoms with van der Waals surface area (Å²) in [6.45, 7) is 1.93. The van der Waals surface area contributed by atoms with Crippen molar-refractivity contribution in [2.24, 2.45) is 0 Å². The standard InChI is InChI=1S/C28H27NO5/c1-18(30)24-5-3-4-6-25(24)20-9-13-27-21(15-20)16-23(34-27)17-29-28(32)14-12-26(31)19-7-10-22(33-2)11-8-19/h3-11,13,15,23H,12,14,16-17H2,1-2H3,(H,29,32). The zero-order valence-electron chi connectivity index (χ0n) is 19.3. The van der Waals surface area contributed by atoms with E-state index < -0.39 is 0 Å². The summed E-state index contributed by atoms with van der Waals surface area (Å²) in [5.74, 6) is 1.23. The van der Waals surface area contributed by atoms with Gasteiger partial charge in [0.05, 0.1) is 13.7 Å². The molecule has 0 saturated carbocycles. The molecular weight excluding hydrogens is 430 g/mol. The van der Waals surface area contributed by atoms with Crippen LogP contribution in [0.4, 0.5) is 0 Å². The Morgan fingerprint density at radius 3 is 2.50 bits per heavy atom. The number of nitrogens with one attached hydrogen (secondary N) is 1. The van der Waals surface area contributed by atoms with Crippen LogP contribution in [-0.2, 0) is 11.2 Å². The molecule has 1 amide bonds. The van der Waals surface area contributed by atoms with Gasteiger partial charge in [0.2, 0.25) is 5.91 Å². The number of rotatable bonds is 9. The SMILES string of the molecule is COc1ccc(C(=O)CCC(=O)NCC2Cc3cc(-c4ccccc4C(C)=O)ccc3O2)cc1. The molecule has 0 bridgehead atoms. The maximum atomic E-state index is 12.3. The summed E-state index contributed by atoms with van der Waals surface area (Å²) >= 11 is 0. The molecule has 4 rings (SSSR count). The molecule has 0 radical (unpaired) electrons. The largest absolute Gasteiger partial charge is 0.497 e. The van der Waals surface area contributed by atoms with E-state index in [1.54, 1.807) is 38.3 Å². The molecule has 6 heteroatoms. The molecule has 1 heterocycles. The number of ether oxygens (including phenoxy) is 2. The van der Waals surface area contributed by atoms with E-state index >= 15 is 0 Å². The fourth-order valence-electron chi connectivity index (χ4n) is 4.11. The van der Waals surface area contributed by atoms with Gasteiger partial charge in [0, 0.05) is 30.4 Å². The first kappa shape index (κ1) is 23.2. The summed E-state index contributed by atoms with van der Waals surface area (Å²) in [4.78, 5) is 36.6. The van der Waals surface area contributed by atoms with Gasteiger partial charge in [-0.05, 0) is 60.0 Å². The molecule has 34 heavy (non-hydrogen) atoms. The van der Waals surface area contributed by atoms with Crippen LogP contribution in [0.5, 0.6) is 11.5 Å². The predicted octanol–water partition coefficient (Wildman–Crippen LogP) is 4.65. The summed E-state index contributed by atoms with van der Waals surface area (Å²) in [6, 6.07) is 20.3. The highest BCUT2D eigenvalue weighted by molar-refractivity contribution is 6.01. The van der Waals surface area contributed by atoms with Crippen LogP contribution in [-0.4, -0.2) is 37.2 Å². The van der Waals surface area contributed by atoms with Crippen molar-refractivity contribution >= 4 is 17.5 Å². The number of Topliss-reactive ketones (excluding diaryl/α,β-unsaturated/α-hetero) is 2. The minimum Gasteiger partial charge on any atom is -0.497 e. The van der Waals surface area contributed by atoms with Gasteiger partial charge in [-0.1, -0.05) is 30.3 Å². The first-order valence-electron chi connectivity index (χ1n) is 11.3. The summed E-state index contributed by atoms with van der Waals surface area (Å²) in [7, 11) is 1.57. The number of hydrogen-bond donors (Lipinski definition) is 1. The van der Waals surface area contributed by atoms with Gasteiger partial charge in [-0.25, -0.2) is 0 Å². The number of benzene rings is 3. The van der Waals surface area contributed by atoms with Gasteiger partial charge in [-0.15, -0.1) is 0 Å². The van der Waals surface area contributed by atoms with Crippen LogP contribution in [0.25, 0.3) is 11.1 Å². The topological polar surface area (TPSA) is 81.7 Å². The smallest absolute Gasteiger partial charge is 0.220 e. The monoisotopic (exact) mass is 457 g/mol. The third-order valence-corrected chi connectivity index (χ3v) is 5.94. The van der Waals surface area contributed by atoms with Gasteiger partial charge < -0.3 is 14.8 Å². The lowest BCUT2D eigenvalue weighted by molar-refractivity contribution is -0.121. The Morgan fingerprint density at radius 2 is 1.76 bits per heavy atom. The molecule has 1 N–H and O–H groups in total. The van der Waals surface area contributed by atoms with Crippen molar-refractivity contribution in [1.29, 1.82) is 0 Å². The normalized spacial score (nSPS) is 14.1. The molecule has 0 aromatic heterocycles. The van der Waals surface area contributed by atoms with Crippen molar-refractivity contribution in [3.05, 3.63) is 83.4 Å². The number of ketones is 2. The summed E-state index contributed by atoms with van der Waals surface area (Å²) < 4.78 is 11.1. The zero-order valence-corrected chi connectivity index (χ0v) is 19.3. The first-order valence-corrected chi connectivity index (χ1v) is 11.3. The molecule has 6 nitrogen and oxygen atoms in total. The second kappa shape index (κ2) is 10.3. The lowest BCUT2D eigenvalue weighted by Gasteiger charge is -2.12. The van der Waals surface area contributed by atoms with Gasteiger partial charge in [0.1, 0.15) is 17.6 Å². The van der Waals surface area contributed by atoms with Gasteiger partial charge >= 0.3 is 0 Å². The summed E-state index contributed by atoms with van der Waals surface area (Å²) in [6.07, 6.45) is 0.755. The highest BCUT2D eigenvalue weighted by Crippen LogP contribution is 2.34. The Hall–Kier alpha value is -3.93. The maximum absolute atomic E-state index is 12.3. The second-order valence-electron chi connectivity index (χ2n) is 8.32. The Balaban J connectivity index is 1.29. The fourth-order valence-corrected chi connectivity index (χ4v) is 4.11. The molecule has 1 aliphatic heterocycles. The van der Waals surface area contributed by atoms with Crippen molar-refractivity contribution in [2.75, 3.05) is 13.7 Å². The zero-order chi connectivity index (χ0) is 24.1. The van der Waals surface area contributed by atoms with Gasteiger partial charge in [0.25, 0.3) is 0 Å². The van der Waals surface area contributed by atoms with Crippen LogP contribution < -0.4 is 14.8 Å². The van der Waals surface area contributed by atoms with Gasteiger partial charge in [0.15, 0.2) is 11.6 Å². The number of carbonyl (C=O) groups is 3. The summed E-state index contributed by atoms with van der Waals surface area (Å²) in [5.41, 5.74) is 4.16. The lowest BCUT2D eigenvalue weighted by Crippen LogP contribution is -2.34. The van der Waals surface area contributed by atoms with Crippen LogP contribution in [0, 0.1) is 0 Å². The molecular formula is C28H27NO5. The average Bonchev–Trinajstić information content (AvgIpc) is 3.28. The van der Waals surface area contributed by atoms with E-state index in [9.17, 15) is 14.4 Å². The quantitative estimate of drug-likeness (QED) is 0.473. The lowest BCUT2D eigenvalue weighted by atomic mass is 9.95. The third-order valence-electron chi connectivity index (χ3n) is 5.94. The first-order chi connectivity index (χ1) is 16.4. The number of amides is 1. The molecule has 1 aliphatic rings. The van der Waals surface area contributed by atoms with Crippen LogP contribution in [0.2, 0.25) is 0 Å². The minimum absolute atomic E-state index is 0.0263. The Kier molecular flexibility index (Phi) is 7.07. The Labute approximate surface area is 198 Å². The molecule has 0 spiro atoms. The van der Waals surface area contributed by atoms with E-state index in [-0.39, 0.29) is 36.4 Å². The number of fused-ring (bicyclic) bond motifs is 1. The number of carbonyl (C=O) groups excluding carboxylic acids is 3. The van der Waals surface area contributed by atoms with E-state index in [4.69, 9.17) is 9.47 Å². The van der Waals surface area contributed by atoms with Crippen molar-refractivity contribution in [3.8, 4) is 22.6 Å². The van der Waals surface area contributed by atoms with E-state index in [1.807, 2.05) is 42.5 Å². The second-order valence-corrected chi connectivity index (χ2v) is 8.32. The van der Waals surface area contributed by atoms with Crippen LogP contribution >= 0.6 is 0 Å². The summed E-state index contributed by atoms with van der Waals surface area (Å²) in [5, 5.41) is 2.87. The minimum atomic E-state index is -0.183. The molecule has 174 valence electrons. The van der Waals surface area contributed by atoms with Gasteiger partial charge in [-0.2, -0.15) is 0 Å². The molecule has 0 aliphatic carbocycles. The van der Waals surface area contributed by atoms with E-state index in [0.29, 0.717) is 29.8 Å². The molecule has 3 aromatic carbocycles. The van der Waals surface area contributed by atoms with E-state index in [1.165, 1.54) is 0 Å². The van der Waals surface area contributed by atoms with Gasteiger partial charge in [-0.3, -0.25) is 14.4 Å². The van der Waals surface area contributed by atoms with Crippen LogP contribution in [0.1, 0.15) is 46.0 Å².